The summed E-state index contributed by atoms with van der Waals surface area (Å²) < 4.78 is 18.5. The molecule has 0 N–H and O–H groups in total. The number of rotatable bonds is 8. The molecule has 1 aliphatic rings. The number of carbonyl (C=O) groups is 1. The van der Waals surface area contributed by atoms with Crippen LogP contribution < -0.4 is 0 Å². The van der Waals surface area contributed by atoms with Crippen LogP contribution in [0, 0.1) is 11.7 Å². The lowest BCUT2D eigenvalue weighted by atomic mass is 9.90. The van der Waals surface area contributed by atoms with Crippen LogP contribution in [0.5, 0.6) is 0 Å². The van der Waals surface area contributed by atoms with E-state index in [0.29, 0.717) is 0 Å². The summed E-state index contributed by atoms with van der Waals surface area (Å²) in [5.74, 6) is -0.274. The molecule has 0 bridgehead atoms. The first kappa shape index (κ1) is 17.0. The van der Waals surface area contributed by atoms with Gasteiger partial charge in [0.2, 0.25) is 0 Å². The lowest BCUT2D eigenvalue weighted by Gasteiger charge is -2.28. The predicted molar refractivity (Wildman–Crippen MR) is 86.0 cm³/mol. The van der Waals surface area contributed by atoms with Crippen LogP contribution in [0.1, 0.15) is 76.4 Å². The normalized spacial score (nSPS) is 21.6. The molecule has 22 heavy (non-hydrogen) atoms. The number of benzene rings is 1. The van der Waals surface area contributed by atoms with Gasteiger partial charge in [0.1, 0.15) is 11.9 Å². The van der Waals surface area contributed by atoms with Gasteiger partial charge in [-0.25, -0.2) is 4.39 Å². The Morgan fingerprint density at radius 1 is 1.05 bits per heavy atom. The van der Waals surface area contributed by atoms with E-state index in [1.165, 1.54) is 44.2 Å². The number of hydrogen-bond donors (Lipinski definition) is 0. The average Bonchev–Trinajstić information content (AvgIpc) is 2.53. The van der Waals surface area contributed by atoms with Gasteiger partial charge in [-0.15, -0.1) is 0 Å². The minimum absolute atomic E-state index is 0.0582. The first-order chi connectivity index (χ1) is 10.7. The molecule has 1 aromatic rings. The number of hydrogen-bond acceptors (Lipinski definition) is 2. The number of esters is 1. The second-order valence-corrected chi connectivity index (χ2v) is 6.31. The van der Waals surface area contributed by atoms with Crippen LogP contribution >= 0.6 is 0 Å². The predicted octanol–water partition coefficient (Wildman–Crippen LogP) is 5.57. The molecule has 1 aliphatic heterocycles. The van der Waals surface area contributed by atoms with Gasteiger partial charge in [0, 0.05) is 0 Å². The molecular formula is C19H27FO2. The van der Waals surface area contributed by atoms with Gasteiger partial charge < -0.3 is 4.74 Å². The Labute approximate surface area is 133 Å². The highest BCUT2D eigenvalue weighted by molar-refractivity contribution is 5.73. The summed E-state index contributed by atoms with van der Waals surface area (Å²) in [4.78, 5) is 12.1. The highest BCUT2D eigenvalue weighted by atomic mass is 19.1. The van der Waals surface area contributed by atoms with Crippen molar-refractivity contribution in [2.24, 2.45) is 5.92 Å². The van der Waals surface area contributed by atoms with Crippen LogP contribution in [0.2, 0.25) is 0 Å². The number of unbranched alkanes of at least 4 members (excludes halogenated alkanes) is 5. The molecule has 2 atom stereocenters. The Morgan fingerprint density at radius 3 is 2.41 bits per heavy atom. The summed E-state index contributed by atoms with van der Waals surface area (Å²) in [7, 11) is 0. The van der Waals surface area contributed by atoms with Crippen molar-refractivity contribution in [2.45, 2.75) is 70.8 Å². The third-order valence-electron chi connectivity index (χ3n) is 4.52. The first-order valence-electron chi connectivity index (χ1n) is 8.66. The molecule has 0 aromatic heterocycles. The second-order valence-electron chi connectivity index (χ2n) is 6.31. The van der Waals surface area contributed by atoms with Crippen LogP contribution in [0.3, 0.4) is 0 Å². The molecule has 1 aromatic carbocycles. The lowest BCUT2D eigenvalue weighted by molar-refractivity contribution is -0.161. The Hall–Kier alpha value is -1.38. The zero-order valence-corrected chi connectivity index (χ0v) is 13.5. The Balaban J connectivity index is 1.71. The third-order valence-corrected chi connectivity index (χ3v) is 4.52. The standard InChI is InChI=1S/C19H27FO2/c1-2-3-4-5-6-7-8-16-11-14-18(22-19(16)21)15-9-12-17(20)13-10-15/h9-10,12-13,16,18H,2-8,11,14H2,1H3. The van der Waals surface area contributed by atoms with E-state index >= 15 is 0 Å². The molecule has 0 spiro atoms. The monoisotopic (exact) mass is 306 g/mol. The van der Waals surface area contributed by atoms with Gasteiger partial charge in [-0.1, -0.05) is 57.6 Å². The molecule has 0 saturated carbocycles. The van der Waals surface area contributed by atoms with Crippen molar-refractivity contribution in [3.05, 3.63) is 35.6 Å². The molecule has 1 fully saturated rings. The van der Waals surface area contributed by atoms with E-state index in [9.17, 15) is 9.18 Å². The topological polar surface area (TPSA) is 26.3 Å². The van der Waals surface area contributed by atoms with Crippen LogP contribution in [-0.4, -0.2) is 5.97 Å². The number of halogens is 1. The van der Waals surface area contributed by atoms with Gasteiger partial charge in [0.05, 0.1) is 5.92 Å². The van der Waals surface area contributed by atoms with Crippen molar-refractivity contribution >= 4 is 5.97 Å². The fraction of sp³-hybridized carbons (Fsp3) is 0.632. The fourth-order valence-electron chi connectivity index (χ4n) is 3.11. The van der Waals surface area contributed by atoms with Gasteiger partial charge in [-0.05, 0) is 37.0 Å². The Morgan fingerprint density at radius 2 is 1.73 bits per heavy atom. The maximum Gasteiger partial charge on any atom is 0.309 e. The molecular weight excluding hydrogens is 279 g/mol. The van der Waals surface area contributed by atoms with Crippen LogP contribution in [0.15, 0.2) is 24.3 Å². The van der Waals surface area contributed by atoms with Gasteiger partial charge >= 0.3 is 5.97 Å². The van der Waals surface area contributed by atoms with Crippen LogP contribution in [-0.2, 0) is 9.53 Å². The first-order valence-corrected chi connectivity index (χ1v) is 8.66. The molecule has 1 heterocycles. The van der Waals surface area contributed by atoms with E-state index in [4.69, 9.17) is 4.74 Å². The maximum atomic E-state index is 12.9. The van der Waals surface area contributed by atoms with Crippen molar-refractivity contribution in [3.8, 4) is 0 Å². The van der Waals surface area contributed by atoms with Crippen molar-refractivity contribution in [2.75, 3.05) is 0 Å². The van der Waals surface area contributed by atoms with E-state index in [2.05, 4.69) is 6.92 Å². The zero-order chi connectivity index (χ0) is 15.8. The molecule has 122 valence electrons. The molecule has 0 radical (unpaired) electrons. The van der Waals surface area contributed by atoms with Gasteiger partial charge in [-0.3, -0.25) is 4.79 Å². The summed E-state index contributed by atoms with van der Waals surface area (Å²) in [6, 6.07) is 6.26. The van der Waals surface area contributed by atoms with Gasteiger partial charge in [0.15, 0.2) is 0 Å². The smallest absolute Gasteiger partial charge is 0.309 e. The largest absolute Gasteiger partial charge is 0.457 e. The molecule has 0 amide bonds. The summed E-state index contributed by atoms with van der Waals surface area (Å²) >= 11 is 0. The van der Waals surface area contributed by atoms with Crippen LogP contribution in [0.25, 0.3) is 0 Å². The van der Waals surface area contributed by atoms with E-state index in [0.717, 1.165) is 31.2 Å². The second kappa shape index (κ2) is 8.92. The molecule has 3 heteroatoms. The number of cyclic esters (lactones) is 1. The SMILES string of the molecule is CCCCCCCCC1CCC(c2ccc(F)cc2)OC1=O. The highest BCUT2D eigenvalue weighted by Gasteiger charge is 2.30. The van der Waals surface area contributed by atoms with Gasteiger partial charge in [0.25, 0.3) is 0 Å². The van der Waals surface area contributed by atoms with E-state index in [1.807, 2.05) is 0 Å². The van der Waals surface area contributed by atoms with Crippen molar-refractivity contribution in [3.63, 3.8) is 0 Å². The highest BCUT2D eigenvalue weighted by Crippen LogP contribution is 2.33. The third kappa shape index (κ3) is 5.11. The van der Waals surface area contributed by atoms with Crippen molar-refractivity contribution in [1.29, 1.82) is 0 Å². The molecule has 2 nitrogen and oxygen atoms in total. The van der Waals surface area contributed by atoms with E-state index in [1.54, 1.807) is 12.1 Å². The quantitative estimate of drug-likeness (QED) is 0.463. The molecule has 0 aliphatic carbocycles. The average molecular weight is 306 g/mol. The van der Waals surface area contributed by atoms with Crippen molar-refractivity contribution < 1.29 is 13.9 Å². The van der Waals surface area contributed by atoms with Gasteiger partial charge in [-0.2, -0.15) is 0 Å². The Kier molecular flexibility index (Phi) is 6.88. The maximum absolute atomic E-state index is 12.9. The number of ether oxygens (including phenoxy) is 1. The minimum atomic E-state index is -0.258. The Bertz CT molecular complexity index is 455. The van der Waals surface area contributed by atoms with E-state index < -0.39 is 0 Å². The summed E-state index contributed by atoms with van der Waals surface area (Å²) in [6.07, 6.45) is 9.95. The van der Waals surface area contributed by atoms with Crippen molar-refractivity contribution in [1.82, 2.24) is 0 Å². The summed E-state index contributed by atoms with van der Waals surface area (Å²) in [5.41, 5.74) is 0.896. The fourth-order valence-corrected chi connectivity index (χ4v) is 3.11. The molecule has 1 saturated heterocycles. The lowest BCUT2D eigenvalue weighted by Crippen LogP contribution is -2.26. The minimum Gasteiger partial charge on any atom is -0.457 e. The van der Waals surface area contributed by atoms with E-state index in [-0.39, 0.29) is 23.8 Å². The summed E-state index contributed by atoms with van der Waals surface area (Å²) in [6.45, 7) is 2.22. The number of carbonyl (C=O) groups excluding carboxylic acids is 1. The molecule has 2 rings (SSSR count). The zero-order valence-electron chi connectivity index (χ0n) is 13.5. The molecule has 2 unspecified atom stereocenters. The van der Waals surface area contributed by atoms with Crippen LogP contribution in [0.4, 0.5) is 4.39 Å². The summed E-state index contributed by atoms with van der Waals surface area (Å²) in [5, 5.41) is 0.